The lowest BCUT2D eigenvalue weighted by Gasteiger charge is -2.25. The summed E-state index contributed by atoms with van der Waals surface area (Å²) >= 11 is 0. The average Bonchev–Trinajstić information content (AvgIpc) is 3.16. The highest BCUT2D eigenvalue weighted by Crippen LogP contribution is 2.54. The molecule has 0 bridgehead atoms. The number of rotatable bonds is 3. The number of hydrogen-bond donors (Lipinski definition) is 1. The van der Waals surface area contributed by atoms with E-state index in [0.717, 1.165) is 13.1 Å². The molecule has 0 aromatic heterocycles. The van der Waals surface area contributed by atoms with Gasteiger partial charge in [-0.1, -0.05) is 30.3 Å². The summed E-state index contributed by atoms with van der Waals surface area (Å²) in [5.74, 6) is 0. The van der Waals surface area contributed by atoms with Crippen molar-refractivity contribution in [1.82, 2.24) is 10.2 Å². The molecule has 2 fully saturated rings. The quantitative estimate of drug-likeness (QED) is 0.923. The molecule has 1 heterocycles. The molecule has 1 aliphatic carbocycles. The fraction of sp³-hybridized carbons (Fsp3) is 0.632. The van der Waals surface area contributed by atoms with Gasteiger partial charge in [0.1, 0.15) is 5.60 Å². The molecule has 4 nitrogen and oxygen atoms in total. The molecule has 1 saturated heterocycles. The van der Waals surface area contributed by atoms with Crippen LogP contribution in [0, 0.1) is 5.41 Å². The Labute approximate surface area is 139 Å². The molecule has 4 heteroatoms. The van der Waals surface area contributed by atoms with Gasteiger partial charge >= 0.3 is 6.09 Å². The number of ether oxygens (including phenoxy) is 1. The lowest BCUT2D eigenvalue weighted by molar-refractivity contribution is 0.0491. The van der Waals surface area contributed by atoms with Crippen LogP contribution in [-0.2, 0) is 4.74 Å². The molecule has 0 unspecified atom stereocenters. The second-order valence-corrected chi connectivity index (χ2v) is 8.08. The molecule has 1 N–H and O–H groups in total. The first kappa shape index (κ1) is 16.3. The number of alkyl carbamates (subject to hydrolysis) is 1. The summed E-state index contributed by atoms with van der Waals surface area (Å²) in [6.45, 7) is 9.91. The lowest BCUT2D eigenvalue weighted by Crippen LogP contribution is -2.44. The normalized spacial score (nSPS) is 24.4. The minimum atomic E-state index is -0.448. The van der Waals surface area contributed by atoms with E-state index in [1.54, 1.807) is 0 Å². The maximum atomic E-state index is 12.1. The van der Waals surface area contributed by atoms with E-state index in [1.165, 1.54) is 18.4 Å². The molecule has 3 rings (SSSR count). The van der Waals surface area contributed by atoms with Gasteiger partial charge in [-0.25, -0.2) is 4.79 Å². The van der Waals surface area contributed by atoms with E-state index in [0.29, 0.717) is 6.04 Å². The summed E-state index contributed by atoms with van der Waals surface area (Å²) in [5.41, 5.74) is 1.15. The van der Waals surface area contributed by atoms with E-state index in [-0.39, 0.29) is 17.6 Å². The fourth-order valence-electron chi connectivity index (χ4n) is 3.56. The predicted octanol–water partition coefficient (Wildman–Crippen LogP) is 3.74. The smallest absolute Gasteiger partial charge is 0.407 e. The van der Waals surface area contributed by atoms with Gasteiger partial charge in [-0.15, -0.1) is 0 Å². The van der Waals surface area contributed by atoms with E-state index in [4.69, 9.17) is 4.74 Å². The highest BCUT2D eigenvalue weighted by molar-refractivity contribution is 5.68. The highest BCUT2D eigenvalue weighted by atomic mass is 16.6. The minimum Gasteiger partial charge on any atom is -0.444 e. The minimum absolute atomic E-state index is 0.198. The third kappa shape index (κ3) is 3.69. The van der Waals surface area contributed by atoms with E-state index in [9.17, 15) is 4.79 Å². The third-order valence-corrected chi connectivity index (χ3v) is 5.09. The summed E-state index contributed by atoms with van der Waals surface area (Å²) in [4.78, 5) is 14.6. The van der Waals surface area contributed by atoms with Crippen molar-refractivity contribution in [3.63, 3.8) is 0 Å². The Kier molecular flexibility index (Phi) is 4.13. The van der Waals surface area contributed by atoms with Crippen molar-refractivity contribution < 1.29 is 9.53 Å². The highest BCUT2D eigenvalue weighted by Gasteiger charge is 2.56. The number of nitrogens with one attached hydrogen (secondary N) is 1. The second-order valence-electron chi connectivity index (χ2n) is 8.08. The first-order valence-electron chi connectivity index (χ1n) is 8.58. The van der Waals surface area contributed by atoms with Crippen molar-refractivity contribution in [2.24, 2.45) is 5.41 Å². The van der Waals surface area contributed by atoms with Crippen molar-refractivity contribution >= 4 is 6.09 Å². The van der Waals surface area contributed by atoms with E-state index in [1.807, 2.05) is 20.8 Å². The molecule has 126 valence electrons. The van der Waals surface area contributed by atoms with E-state index in [2.05, 4.69) is 47.5 Å². The molecule has 1 aromatic carbocycles. The van der Waals surface area contributed by atoms with Gasteiger partial charge in [0.25, 0.3) is 0 Å². The van der Waals surface area contributed by atoms with Crippen molar-refractivity contribution in [3.05, 3.63) is 35.9 Å². The number of carbonyl (C=O) groups is 1. The molecule has 1 spiro atoms. The molecule has 0 radical (unpaired) electrons. The average molecular weight is 316 g/mol. The Morgan fingerprint density at radius 3 is 2.52 bits per heavy atom. The maximum absolute atomic E-state index is 12.1. The van der Waals surface area contributed by atoms with Crippen molar-refractivity contribution in [2.45, 2.75) is 58.2 Å². The lowest BCUT2D eigenvalue weighted by atomic mass is 10.0. The Hall–Kier alpha value is -1.55. The molecule has 2 aliphatic rings. The molecular formula is C19H28N2O2. The van der Waals surface area contributed by atoms with Crippen LogP contribution < -0.4 is 5.32 Å². The molecule has 1 amide bonds. The van der Waals surface area contributed by atoms with E-state index < -0.39 is 5.60 Å². The summed E-state index contributed by atoms with van der Waals surface area (Å²) in [7, 11) is 0. The number of hydrogen-bond acceptors (Lipinski definition) is 3. The zero-order valence-electron chi connectivity index (χ0n) is 14.6. The van der Waals surface area contributed by atoms with Crippen LogP contribution in [0.3, 0.4) is 0 Å². The van der Waals surface area contributed by atoms with Crippen LogP contribution >= 0.6 is 0 Å². The summed E-state index contributed by atoms with van der Waals surface area (Å²) in [6.07, 6.45) is 2.11. The molecular weight excluding hydrogens is 288 g/mol. The van der Waals surface area contributed by atoms with Gasteiger partial charge in [0.15, 0.2) is 0 Å². The SMILES string of the molecule is C[C@H](c1ccccc1)N1C[C@@H](NC(=O)OC(C)(C)C)C2(CC2)C1. The van der Waals surface area contributed by atoms with E-state index >= 15 is 0 Å². The summed E-state index contributed by atoms with van der Waals surface area (Å²) in [6, 6.07) is 11.2. The Balaban J connectivity index is 1.64. The monoisotopic (exact) mass is 316 g/mol. The molecule has 1 aromatic rings. The van der Waals surface area contributed by atoms with Gasteiger partial charge in [0, 0.05) is 24.5 Å². The number of amides is 1. The first-order chi connectivity index (χ1) is 10.8. The number of nitrogens with zero attached hydrogens (tertiary/aromatic N) is 1. The van der Waals surface area contributed by atoms with Gasteiger partial charge in [0.05, 0.1) is 6.04 Å². The van der Waals surface area contributed by atoms with Crippen LogP contribution in [0.4, 0.5) is 4.79 Å². The molecule has 1 aliphatic heterocycles. The van der Waals surface area contributed by atoms with Crippen LogP contribution in [-0.4, -0.2) is 35.7 Å². The number of benzene rings is 1. The molecule has 23 heavy (non-hydrogen) atoms. The third-order valence-electron chi connectivity index (χ3n) is 5.09. The molecule has 2 atom stereocenters. The van der Waals surface area contributed by atoms with Gasteiger partial charge < -0.3 is 10.1 Å². The fourth-order valence-corrected chi connectivity index (χ4v) is 3.56. The first-order valence-corrected chi connectivity index (χ1v) is 8.58. The standard InChI is InChI=1S/C19H28N2O2/c1-14(15-8-6-5-7-9-15)21-12-16(19(13-21)10-11-19)20-17(22)23-18(2,3)4/h5-9,14,16H,10-13H2,1-4H3,(H,20,22)/t14-,16-/m1/s1. The zero-order chi connectivity index (χ0) is 16.7. The number of likely N-dealkylation sites (tertiary alicyclic amines) is 1. The van der Waals surface area contributed by atoms with Crippen LogP contribution in [0.2, 0.25) is 0 Å². The van der Waals surface area contributed by atoms with Gasteiger partial charge in [-0.3, -0.25) is 4.90 Å². The van der Waals surface area contributed by atoms with Crippen molar-refractivity contribution in [2.75, 3.05) is 13.1 Å². The largest absolute Gasteiger partial charge is 0.444 e. The summed E-state index contributed by atoms with van der Waals surface area (Å²) in [5, 5.41) is 3.12. The number of carbonyl (C=O) groups excluding carboxylic acids is 1. The Morgan fingerprint density at radius 2 is 1.96 bits per heavy atom. The van der Waals surface area contributed by atoms with Crippen molar-refractivity contribution in [3.8, 4) is 0 Å². The van der Waals surface area contributed by atoms with Gasteiger partial charge in [0.2, 0.25) is 0 Å². The predicted molar refractivity (Wildman–Crippen MR) is 91.3 cm³/mol. The Morgan fingerprint density at radius 1 is 1.30 bits per heavy atom. The van der Waals surface area contributed by atoms with Crippen molar-refractivity contribution in [1.29, 1.82) is 0 Å². The zero-order valence-corrected chi connectivity index (χ0v) is 14.6. The van der Waals surface area contributed by atoms with Crippen LogP contribution in [0.15, 0.2) is 30.3 Å². The maximum Gasteiger partial charge on any atom is 0.407 e. The van der Waals surface area contributed by atoms with Gasteiger partial charge in [-0.2, -0.15) is 0 Å². The topological polar surface area (TPSA) is 41.6 Å². The van der Waals surface area contributed by atoms with Crippen LogP contribution in [0.25, 0.3) is 0 Å². The molecule has 1 saturated carbocycles. The summed E-state index contributed by atoms with van der Waals surface area (Å²) < 4.78 is 5.43. The van der Waals surface area contributed by atoms with Crippen LogP contribution in [0.5, 0.6) is 0 Å². The van der Waals surface area contributed by atoms with Crippen LogP contribution in [0.1, 0.15) is 52.1 Å². The Bertz CT molecular complexity index is 560. The van der Waals surface area contributed by atoms with Gasteiger partial charge in [-0.05, 0) is 46.1 Å². The second kappa shape index (κ2) is 5.82.